The second-order valence-corrected chi connectivity index (χ2v) is 7.10. The first-order chi connectivity index (χ1) is 12.9. The first-order valence-electron chi connectivity index (χ1n) is 9.60. The Bertz CT molecular complexity index is 776. The van der Waals surface area contributed by atoms with Crippen LogP contribution in [-0.4, -0.2) is 24.1 Å². The fraction of sp³-hybridized carbons (Fsp3) is 0.348. The summed E-state index contributed by atoms with van der Waals surface area (Å²) < 4.78 is 0. The topological polar surface area (TPSA) is 24.8 Å². The van der Waals surface area contributed by atoms with Crippen LogP contribution in [0, 0.1) is 5.92 Å². The van der Waals surface area contributed by atoms with Crippen molar-refractivity contribution in [2.45, 2.75) is 38.3 Å². The van der Waals surface area contributed by atoms with Crippen molar-refractivity contribution < 1.29 is 4.84 Å². The number of hydroxylamine groups is 2. The van der Waals surface area contributed by atoms with Gasteiger partial charge in [0.25, 0.3) is 0 Å². The Hall–Kier alpha value is -2.39. The van der Waals surface area contributed by atoms with Gasteiger partial charge in [0, 0.05) is 11.5 Å². The molecule has 1 saturated carbocycles. The molecule has 4 rings (SSSR count). The molecule has 26 heavy (non-hydrogen) atoms. The Morgan fingerprint density at radius 3 is 2.08 bits per heavy atom. The van der Waals surface area contributed by atoms with Crippen LogP contribution in [0.15, 0.2) is 71.7 Å². The van der Waals surface area contributed by atoms with Gasteiger partial charge in [-0.1, -0.05) is 79.9 Å². The molecule has 2 aromatic carbocycles. The van der Waals surface area contributed by atoms with E-state index >= 15 is 0 Å². The summed E-state index contributed by atoms with van der Waals surface area (Å²) >= 11 is 0. The molecule has 0 saturated heterocycles. The molecule has 2 aliphatic rings. The summed E-state index contributed by atoms with van der Waals surface area (Å²) in [5.74, 6) is 0.537. The van der Waals surface area contributed by atoms with Crippen LogP contribution in [0.4, 0.5) is 0 Å². The van der Waals surface area contributed by atoms with Crippen molar-refractivity contribution in [3.05, 3.63) is 77.9 Å². The number of benzene rings is 2. The SMILES string of the molecule is CON1C(c2ccccc2)=CC(c2ccccc2)=NC1C1CCCCC1. The molecule has 3 nitrogen and oxygen atoms in total. The molecule has 0 spiro atoms. The quantitative estimate of drug-likeness (QED) is 0.750. The maximum Gasteiger partial charge on any atom is 0.149 e. The largest absolute Gasteiger partial charge is 0.275 e. The van der Waals surface area contributed by atoms with E-state index in [1.807, 2.05) is 5.06 Å². The fourth-order valence-corrected chi connectivity index (χ4v) is 4.09. The van der Waals surface area contributed by atoms with Crippen LogP contribution >= 0.6 is 0 Å². The first-order valence-corrected chi connectivity index (χ1v) is 9.60. The smallest absolute Gasteiger partial charge is 0.149 e. The summed E-state index contributed by atoms with van der Waals surface area (Å²) in [4.78, 5) is 11.0. The van der Waals surface area contributed by atoms with Gasteiger partial charge in [0.2, 0.25) is 0 Å². The van der Waals surface area contributed by atoms with Gasteiger partial charge in [0.1, 0.15) is 6.17 Å². The number of rotatable bonds is 4. The lowest BCUT2D eigenvalue weighted by atomic mass is 9.86. The molecular formula is C23H26N2O. The Kier molecular flexibility index (Phi) is 5.16. The zero-order valence-corrected chi connectivity index (χ0v) is 15.3. The Labute approximate surface area is 156 Å². The zero-order valence-electron chi connectivity index (χ0n) is 15.3. The van der Waals surface area contributed by atoms with Crippen LogP contribution in [0.3, 0.4) is 0 Å². The summed E-state index contributed by atoms with van der Waals surface area (Å²) in [5, 5.41) is 2.03. The minimum atomic E-state index is 0.0377. The molecule has 0 bridgehead atoms. The molecule has 1 unspecified atom stereocenters. The van der Waals surface area contributed by atoms with Crippen molar-refractivity contribution in [1.82, 2.24) is 5.06 Å². The molecule has 0 aromatic heterocycles. The number of hydrogen-bond acceptors (Lipinski definition) is 3. The lowest BCUT2D eigenvalue weighted by Gasteiger charge is -2.39. The molecule has 3 heteroatoms. The van der Waals surface area contributed by atoms with Crippen LogP contribution in [0.2, 0.25) is 0 Å². The van der Waals surface area contributed by atoms with Crippen LogP contribution in [-0.2, 0) is 4.84 Å². The van der Waals surface area contributed by atoms with E-state index in [-0.39, 0.29) is 6.17 Å². The van der Waals surface area contributed by atoms with E-state index in [0.717, 1.165) is 17.0 Å². The molecule has 1 atom stereocenters. The average Bonchev–Trinajstić information content (AvgIpc) is 2.74. The lowest BCUT2D eigenvalue weighted by molar-refractivity contribution is -0.124. The van der Waals surface area contributed by atoms with E-state index in [1.54, 1.807) is 7.11 Å². The van der Waals surface area contributed by atoms with Crippen LogP contribution in [0.5, 0.6) is 0 Å². The molecular weight excluding hydrogens is 320 g/mol. The number of aliphatic imine (C=N–C) groups is 1. The minimum absolute atomic E-state index is 0.0377. The van der Waals surface area contributed by atoms with Crippen molar-refractivity contribution in [2.75, 3.05) is 7.11 Å². The zero-order chi connectivity index (χ0) is 17.8. The molecule has 2 aromatic rings. The second kappa shape index (κ2) is 7.88. The highest BCUT2D eigenvalue weighted by Gasteiger charge is 2.33. The summed E-state index contributed by atoms with van der Waals surface area (Å²) in [5.41, 5.74) is 4.47. The summed E-state index contributed by atoms with van der Waals surface area (Å²) in [7, 11) is 1.76. The van der Waals surface area contributed by atoms with Gasteiger partial charge < -0.3 is 0 Å². The molecule has 0 amide bonds. The highest BCUT2D eigenvalue weighted by molar-refractivity contribution is 6.12. The Morgan fingerprint density at radius 2 is 1.46 bits per heavy atom. The molecule has 1 aliphatic carbocycles. The van der Waals surface area contributed by atoms with Crippen molar-refractivity contribution in [2.24, 2.45) is 10.9 Å². The van der Waals surface area contributed by atoms with Gasteiger partial charge in [-0.15, -0.1) is 0 Å². The van der Waals surface area contributed by atoms with Crippen molar-refractivity contribution in [3.8, 4) is 0 Å². The average molecular weight is 346 g/mol. The third-order valence-corrected chi connectivity index (χ3v) is 5.43. The standard InChI is InChI=1S/C23H26N2O/c1-26-25-22(19-13-7-3-8-14-19)17-21(18-11-5-2-6-12-18)24-23(25)20-15-9-4-10-16-20/h2-3,5-8,11-14,17,20,23H,4,9-10,15-16H2,1H3. The molecule has 0 N–H and O–H groups in total. The predicted molar refractivity (Wildman–Crippen MR) is 107 cm³/mol. The Balaban J connectivity index is 1.78. The van der Waals surface area contributed by atoms with Crippen LogP contribution < -0.4 is 0 Å². The van der Waals surface area contributed by atoms with Gasteiger partial charge in [-0.05, 0) is 24.5 Å². The van der Waals surface area contributed by atoms with E-state index < -0.39 is 0 Å². The lowest BCUT2D eigenvalue weighted by Crippen LogP contribution is -2.41. The van der Waals surface area contributed by atoms with Gasteiger partial charge >= 0.3 is 0 Å². The van der Waals surface area contributed by atoms with Crippen LogP contribution in [0.25, 0.3) is 5.70 Å². The molecule has 1 aliphatic heterocycles. The van der Waals surface area contributed by atoms with E-state index in [2.05, 4.69) is 66.7 Å². The highest BCUT2D eigenvalue weighted by atomic mass is 16.7. The molecule has 1 heterocycles. The number of hydrogen-bond donors (Lipinski definition) is 0. The second-order valence-electron chi connectivity index (χ2n) is 7.10. The van der Waals surface area contributed by atoms with Crippen molar-refractivity contribution >= 4 is 11.4 Å². The maximum absolute atomic E-state index is 5.87. The maximum atomic E-state index is 5.87. The van der Waals surface area contributed by atoms with Gasteiger partial charge in [0.15, 0.2) is 0 Å². The summed E-state index contributed by atoms with van der Waals surface area (Å²) in [6.07, 6.45) is 8.56. The molecule has 0 radical (unpaired) electrons. The van der Waals surface area contributed by atoms with Crippen LogP contribution in [0.1, 0.15) is 43.2 Å². The molecule has 134 valence electrons. The normalized spacial score (nSPS) is 21.3. The van der Waals surface area contributed by atoms with E-state index in [0.29, 0.717) is 5.92 Å². The van der Waals surface area contributed by atoms with Crippen molar-refractivity contribution in [1.29, 1.82) is 0 Å². The number of nitrogens with zero attached hydrogens (tertiary/aromatic N) is 2. The Morgan fingerprint density at radius 1 is 0.846 bits per heavy atom. The van der Waals surface area contributed by atoms with Crippen molar-refractivity contribution in [3.63, 3.8) is 0 Å². The number of allylic oxidation sites excluding steroid dienone is 1. The monoisotopic (exact) mass is 346 g/mol. The van der Waals surface area contributed by atoms with E-state index in [9.17, 15) is 0 Å². The third-order valence-electron chi connectivity index (χ3n) is 5.43. The minimum Gasteiger partial charge on any atom is -0.275 e. The van der Waals surface area contributed by atoms with Gasteiger partial charge in [0.05, 0.1) is 18.5 Å². The van der Waals surface area contributed by atoms with Gasteiger partial charge in [-0.3, -0.25) is 9.83 Å². The molecule has 1 fully saturated rings. The predicted octanol–water partition coefficient (Wildman–Crippen LogP) is 5.30. The third kappa shape index (κ3) is 3.45. The van der Waals surface area contributed by atoms with Gasteiger partial charge in [-0.2, -0.15) is 0 Å². The summed E-state index contributed by atoms with van der Waals surface area (Å²) in [6, 6.07) is 21.0. The van der Waals surface area contributed by atoms with Gasteiger partial charge in [-0.25, -0.2) is 5.06 Å². The highest BCUT2D eigenvalue weighted by Crippen LogP contribution is 2.36. The van der Waals surface area contributed by atoms with E-state index in [4.69, 9.17) is 9.83 Å². The summed E-state index contributed by atoms with van der Waals surface area (Å²) in [6.45, 7) is 0. The fourth-order valence-electron chi connectivity index (χ4n) is 4.09. The van der Waals surface area contributed by atoms with E-state index in [1.165, 1.54) is 37.7 Å². The first kappa shape index (κ1) is 17.0.